The molecule has 1 amide bonds. The molecule has 1 N–H and O–H groups in total. The number of furan rings is 1. The standard InChI is InChI=1S/C16H16N4O5S2/c1-2-27(22,23)20-6-5-10-14(9-20)26-16(17-10)18-15(21)11-8-13(25-19-11)12-4-3-7-24-12/h3-4,7-8H,2,5-6,9H2,1H3,(H,17,18,21). The Hall–Kier alpha value is -2.50. The molecule has 3 aromatic rings. The zero-order valence-corrected chi connectivity index (χ0v) is 16.0. The van der Waals surface area contributed by atoms with E-state index in [2.05, 4.69) is 15.5 Å². The van der Waals surface area contributed by atoms with Gasteiger partial charge in [-0.2, -0.15) is 4.31 Å². The van der Waals surface area contributed by atoms with Gasteiger partial charge in [-0.05, 0) is 19.1 Å². The van der Waals surface area contributed by atoms with Gasteiger partial charge in [0.05, 0.1) is 17.7 Å². The second-order valence-corrected chi connectivity index (χ2v) is 9.22. The SMILES string of the molecule is CCS(=O)(=O)N1CCc2nc(NC(=O)c3cc(-c4ccco4)on3)sc2C1. The van der Waals surface area contributed by atoms with Crippen LogP contribution in [0.1, 0.15) is 28.0 Å². The number of carbonyl (C=O) groups excluding carboxylic acids is 1. The molecule has 11 heteroatoms. The third-order valence-electron chi connectivity index (χ3n) is 4.18. The summed E-state index contributed by atoms with van der Waals surface area (Å²) >= 11 is 1.27. The topological polar surface area (TPSA) is 119 Å². The Kier molecular flexibility index (Phi) is 4.58. The molecule has 3 aromatic heterocycles. The fourth-order valence-corrected chi connectivity index (χ4v) is 4.88. The number of nitrogens with zero attached hydrogens (tertiary/aromatic N) is 3. The molecule has 0 fully saturated rings. The minimum atomic E-state index is -3.25. The van der Waals surface area contributed by atoms with Gasteiger partial charge in [-0.1, -0.05) is 5.16 Å². The lowest BCUT2D eigenvalue weighted by molar-refractivity contribution is 0.101. The third kappa shape index (κ3) is 3.53. The highest BCUT2D eigenvalue weighted by atomic mass is 32.2. The van der Waals surface area contributed by atoms with Crippen molar-refractivity contribution < 1.29 is 22.2 Å². The van der Waals surface area contributed by atoms with Gasteiger partial charge >= 0.3 is 0 Å². The summed E-state index contributed by atoms with van der Waals surface area (Å²) in [4.78, 5) is 17.6. The molecule has 4 rings (SSSR count). The summed E-state index contributed by atoms with van der Waals surface area (Å²) in [5.74, 6) is 0.433. The number of rotatable bonds is 5. The molecule has 0 radical (unpaired) electrons. The first-order chi connectivity index (χ1) is 13.0. The van der Waals surface area contributed by atoms with Crippen molar-refractivity contribution in [1.29, 1.82) is 0 Å². The summed E-state index contributed by atoms with van der Waals surface area (Å²) in [6.07, 6.45) is 2.02. The number of amides is 1. The highest BCUT2D eigenvalue weighted by Crippen LogP contribution is 2.30. The molecule has 4 heterocycles. The molecule has 0 unspecified atom stereocenters. The van der Waals surface area contributed by atoms with E-state index in [0.29, 0.717) is 29.6 Å². The van der Waals surface area contributed by atoms with Crippen molar-refractivity contribution >= 4 is 32.4 Å². The van der Waals surface area contributed by atoms with Crippen molar-refractivity contribution in [3.05, 3.63) is 40.7 Å². The maximum Gasteiger partial charge on any atom is 0.279 e. The van der Waals surface area contributed by atoms with Crippen LogP contribution in [0.25, 0.3) is 11.5 Å². The molecule has 142 valence electrons. The first-order valence-corrected chi connectivity index (χ1v) is 10.7. The summed E-state index contributed by atoms with van der Waals surface area (Å²) in [7, 11) is -3.25. The molecule has 0 saturated heterocycles. The van der Waals surface area contributed by atoms with Gasteiger partial charge in [0.2, 0.25) is 15.8 Å². The molecule has 27 heavy (non-hydrogen) atoms. The molecule has 0 saturated carbocycles. The molecule has 0 bridgehead atoms. The number of aromatic nitrogens is 2. The van der Waals surface area contributed by atoms with E-state index in [9.17, 15) is 13.2 Å². The van der Waals surface area contributed by atoms with E-state index in [1.54, 1.807) is 19.1 Å². The maximum atomic E-state index is 12.4. The minimum Gasteiger partial charge on any atom is -0.461 e. The van der Waals surface area contributed by atoms with Crippen LogP contribution in [0.3, 0.4) is 0 Å². The van der Waals surface area contributed by atoms with Gasteiger partial charge in [0.15, 0.2) is 16.6 Å². The number of sulfonamides is 1. The Morgan fingerprint density at radius 2 is 2.26 bits per heavy atom. The highest BCUT2D eigenvalue weighted by molar-refractivity contribution is 7.89. The Morgan fingerprint density at radius 3 is 3.00 bits per heavy atom. The lowest BCUT2D eigenvalue weighted by Gasteiger charge is -2.24. The van der Waals surface area contributed by atoms with Gasteiger partial charge in [0, 0.05) is 30.5 Å². The first-order valence-electron chi connectivity index (χ1n) is 8.24. The summed E-state index contributed by atoms with van der Waals surface area (Å²) in [6.45, 7) is 2.31. The van der Waals surface area contributed by atoms with E-state index in [1.165, 1.54) is 28.0 Å². The fourth-order valence-electron chi connectivity index (χ4n) is 2.72. The molecular weight excluding hydrogens is 392 g/mol. The lowest BCUT2D eigenvalue weighted by Crippen LogP contribution is -2.36. The highest BCUT2D eigenvalue weighted by Gasteiger charge is 2.28. The van der Waals surface area contributed by atoms with E-state index >= 15 is 0 Å². The van der Waals surface area contributed by atoms with Crippen LogP contribution in [-0.2, 0) is 23.0 Å². The van der Waals surface area contributed by atoms with Gasteiger partial charge in [-0.15, -0.1) is 11.3 Å². The second kappa shape index (κ2) is 6.91. The first kappa shape index (κ1) is 17.9. The zero-order valence-electron chi connectivity index (χ0n) is 14.3. The number of hydrogen-bond donors (Lipinski definition) is 1. The molecule has 9 nitrogen and oxygen atoms in total. The van der Waals surface area contributed by atoms with Gasteiger partial charge in [0.25, 0.3) is 5.91 Å². The third-order valence-corrected chi connectivity index (χ3v) is 7.01. The van der Waals surface area contributed by atoms with Crippen LogP contribution in [0.2, 0.25) is 0 Å². The molecule has 0 spiro atoms. The van der Waals surface area contributed by atoms with Gasteiger partial charge in [-0.3, -0.25) is 10.1 Å². The van der Waals surface area contributed by atoms with E-state index in [0.717, 1.165) is 10.6 Å². The predicted octanol–water partition coefficient (Wildman–Crippen LogP) is 2.35. The smallest absolute Gasteiger partial charge is 0.279 e. The predicted molar refractivity (Wildman–Crippen MR) is 97.8 cm³/mol. The van der Waals surface area contributed by atoms with Crippen molar-refractivity contribution in [2.24, 2.45) is 0 Å². The van der Waals surface area contributed by atoms with Crippen LogP contribution in [-0.4, -0.2) is 41.1 Å². The van der Waals surface area contributed by atoms with E-state index in [1.807, 2.05) is 0 Å². The van der Waals surface area contributed by atoms with Crippen LogP contribution in [0.4, 0.5) is 5.13 Å². The monoisotopic (exact) mass is 408 g/mol. The van der Waals surface area contributed by atoms with Crippen molar-refractivity contribution in [3.63, 3.8) is 0 Å². The molecule has 0 aliphatic carbocycles. The van der Waals surface area contributed by atoms with E-state index in [4.69, 9.17) is 8.94 Å². The van der Waals surface area contributed by atoms with Crippen molar-refractivity contribution in [3.8, 4) is 11.5 Å². The van der Waals surface area contributed by atoms with Crippen molar-refractivity contribution in [1.82, 2.24) is 14.4 Å². The second-order valence-electron chi connectivity index (χ2n) is 5.88. The summed E-state index contributed by atoms with van der Waals surface area (Å²) in [5, 5.41) is 6.84. The lowest BCUT2D eigenvalue weighted by atomic mass is 10.2. The van der Waals surface area contributed by atoms with Gasteiger partial charge < -0.3 is 8.94 Å². The van der Waals surface area contributed by atoms with Gasteiger partial charge in [-0.25, -0.2) is 13.4 Å². The maximum absolute atomic E-state index is 12.4. The van der Waals surface area contributed by atoms with Gasteiger partial charge in [0.1, 0.15) is 0 Å². The van der Waals surface area contributed by atoms with Crippen LogP contribution in [0, 0.1) is 0 Å². The van der Waals surface area contributed by atoms with E-state index in [-0.39, 0.29) is 18.0 Å². The van der Waals surface area contributed by atoms with Crippen LogP contribution in [0.15, 0.2) is 33.4 Å². The van der Waals surface area contributed by atoms with Crippen molar-refractivity contribution in [2.45, 2.75) is 19.9 Å². The average Bonchev–Trinajstić information content (AvgIpc) is 3.39. The normalized spacial score (nSPS) is 14.9. The molecule has 1 aliphatic rings. The molecule has 1 aliphatic heterocycles. The summed E-state index contributed by atoms with van der Waals surface area (Å²) in [5.41, 5.74) is 0.916. The average molecular weight is 408 g/mol. The number of fused-ring (bicyclic) bond motifs is 1. The fraction of sp³-hybridized carbons (Fsp3) is 0.312. The molecule has 0 aromatic carbocycles. The van der Waals surface area contributed by atoms with E-state index < -0.39 is 15.9 Å². The number of carbonyl (C=O) groups is 1. The van der Waals surface area contributed by atoms with Crippen LogP contribution < -0.4 is 5.32 Å². The van der Waals surface area contributed by atoms with Crippen molar-refractivity contribution in [2.75, 3.05) is 17.6 Å². The summed E-state index contributed by atoms with van der Waals surface area (Å²) < 4.78 is 35.9. The number of hydrogen-bond acceptors (Lipinski definition) is 8. The Balaban J connectivity index is 1.48. The zero-order chi connectivity index (χ0) is 19.0. The van der Waals surface area contributed by atoms with Crippen LogP contribution in [0.5, 0.6) is 0 Å². The molecule has 0 atom stereocenters. The Morgan fingerprint density at radius 1 is 1.41 bits per heavy atom. The van der Waals surface area contributed by atoms with Crippen LogP contribution >= 0.6 is 11.3 Å². The largest absolute Gasteiger partial charge is 0.461 e. The Bertz CT molecular complexity index is 1070. The quantitative estimate of drug-likeness (QED) is 0.688. The Labute approximate surface area is 159 Å². The number of nitrogens with one attached hydrogen (secondary N) is 1. The number of anilines is 1. The minimum absolute atomic E-state index is 0.0644. The summed E-state index contributed by atoms with van der Waals surface area (Å²) in [6, 6.07) is 4.89. The number of thiazole rings is 1. The molecular formula is C16H16N4O5S2.